The van der Waals surface area contributed by atoms with Crippen LogP contribution in [0.1, 0.15) is 0 Å². The fourth-order valence-corrected chi connectivity index (χ4v) is 0. The van der Waals surface area contributed by atoms with Crippen LogP contribution in [0.2, 0.25) is 19.6 Å². The first kappa shape index (κ1) is 10.8. The molecule has 0 bridgehead atoms. The third kappa shape index (κ3) is 10.9. The molecule has 0 aliphatic heterocycles. The average molecular weight is 152 g/mol. The van der Waals surface area contributed by atoms with E-state index in [2.05, 4.69) is 19.6 Å². The Morgan fingerprint density at radius 1 is 1.14 bits per heavy atom. The van der Waals surface area contributed by atoms with Crippen LogP contribution in [0.3, 0.4) is 0 Å². The number of hydrogen-bond donors (Lipinski definition) is 0. The second-order valence-corrected chi connectivity index (χ2v) is 6.95. The van der Waals surface area contributed by atoms with Gasteiger partial charge in [-0.05, 0) is 19.6 Å². The van der Waals surface area contributed by atoms with Crippen LogP contribution < -0.4 is 0 Å². The van der Waals surface area contributed by atoms with Gasteiger partial charge in [-0.1, -0.05) is 0 Å². The van der Waals surface area contributed by atoms with Crippen molar-refractivity contribution in [2.24, 2.45) is 0 Å². The zero-order valence-corrected chi connectivity index (χ0v) is 7.97. The molecule has 0 aromatic heterocycles. The molecule has 0 unspecified atom stereocenters. The average Bonchev–Trinajstić information content (AvgIpc) is 1.35. The Kier molecular flexibility index (Phi) is 5.92. The molecule has 0 heterocycles. The molecule has 0 aliphatic rings. The summed E-state index contributed by atoms with van der Waals surface area (Å²) in [6.45, 7) is 6.48. The summed E-state index contributed by atoms with van der Waals surface area (Å²) >= 11 is 0. The summed E-state index contributed by atoms with van der Waals surface area (Å²) in [7, 11) is 0.639. The van der Waals surface area contributed by atoms with Crippen LogP contribution in [0.5, 0.6) is 0 Å². The van der Waals surface area contributed by atoms with Crippen LogP contribution in [0.25, 0.3) is 0 Å². The van der Waals surface area contributed by atoms with Gasteiger partial charge in [0.25, 0.3) is 0 Å². The van der Waals surface area contributed by atoms with E-state index in [0.717, 1.165) is 0 Å². The van der Waals surface area contributed by atoms with Crippen molar-refractivity contribution >= 4 is 8.32 Å². The first-order valence-electron chi connectivity index (χ1n) is 2.11. The van der Waals surface area contributed by atoms with Gasteiger partial charge in [-0.15, -0.1) is 0 Å². The van der Waals surface area contributed by atoms with Crippen LogP contribution in [-0.2, 0) is 26.1 Å². The van der Waals surface area contributed by atoms with E-state index in [1.54, 1.807) is 7.11 Å². The van der Waals surface area contributed by atoms with Crippen molar-refractivity contribution < 1.29 is 26.1 Å². The van der Waals surface area contributed by atoms with E-state index < -0.39 is 8.32 Å². The SMILES string of the molecule is CO[Si](C)(C)C.[Ti]. The molecular formula is C4H12OSiTi. The maximum atomic E-state index is 5.08. The molecule has 3 heteroatoms. The predicted octanol–water partition coefficient (Wildman–Crippen LogP) is 1.47. The molecule has 0 saturated carbocycles. The molecule has 0 amide bonds. The van der Waals surface area contributed by atoms with Gasteiger partial charge in [0, 0.05) is 28.8 Å². The molecule has 0 N–H and O–H groups in total. The van der Waals surface area contributed by atoms with Crippen molar-refractivity contribution in [2.75, 3.05) is 7.11 Å². The Morgan fingerprint density at radius 2 is 1.29 bits per heavy atom. The predicted molar refractivity (Wildman–Crippen MR) is 30.4 cm³/mol. The van der Waals surface area contributed by atoms with Gasteiger partial charge in [-0.2, -0.15) is 0 Å². The molecule has 1 nitrogen and oxygen atoms in total. The van der Waals surface area contributed by atoms with Crippen LogP contribution in [0.15, 0.2) is 0 Å². The Bertz CT molecular complexity index is 41.4. The molecule has 0 atom stereocenters. The van der Waals surface area contributed by atoms with E-state index in [1.165, 1.54) is 0 Å². The topological polar surface area (TPSA) is 9.23 Å². The normalized spacial score (nSPS) is 10.3. The molecule has 42 valence electrons. The zero-order valence-electron chi connectivity index (χ0n) is 5.41. The van der Waals surface area contributed by atoms with Gasteiger partial charge in [-0.25, -0.2) is 0 Å². The van der Waals surface area contributed by atoms with E-state index in [4.69, 9.17) is 4.43 Å². The van der Waals surface area contributed by atoms with Gasteiger partial charge in [-0.3, -0.25) is 0 Å². The standard InChI is InChI=1S/C4H12OSi.Ti/c1-5-6(2,3)4;/h1-4H3;. The summed E-state index contributed by atoms with van der Waals surface area (Å²) in [5.41, 5.74) is 0. The van der Waals surface area contributed by atoms with Gasteiger partial charge in [0.05, 0.1) is 0 Å². The third-order valence-electron chi connectivity index (χ3n) is 0.612. The van der Waals surface area contributed by atoms with Crippen LogP contribution in [0.4, 0.5) is 0 Å². The minimum absolute atomic E-state index is 0. The zero-order chi connectivity index (χ0) is 5.21. The van der Waals surface area contributed by atoms with Crippen LogP contribution in [0, 0.1) is 0 Å². The molecule has 7 heavy (non-hydrogen) atoms. The van der Waals surface area contributed by atoms with Crippen molar-refractivity contribution in [3.63, 3.8) is 0 Å². The Labute approximate surface area is 61.5 Å². The minimum atomic E-state index is -1.13. The van der Waals surface area contributed by atoms with Crippen molar-refractivity contribution in [1.29, 1.82) is 0 Å². The Balaban J connectivity index is 0. The molecule has 0 fully saturated rings. The second kappa shape index (κ2) is 3.84. The van der Waals surface area contributed by atoms with E-state index >= 15 is 0 Å². The fourth-order valence-electron chi connectivity index (χ4n) is 0. The summed E-state index contributed by atoms with van der Waals surface area (Å²) in [5.74, 6) is 0. The summed E-state index contributed by atoms with van der Waals surface area (Å²) in [4.78, 5) is 0. The second-order valence-electron chi connectivity index (χ2n) is 2.32. The maximum Gasteiger partial charge on any atom is 0.183 e. The van der Waals surface area contributed by atoms with E-state index in [9.17, 15) is 0 Å². The summed E-state index contributed by atoms with van der Waals surface area (Å²) in [6, 6.07) is 0. The van der Waals surface area contributed by atoms with E-state index in [-0.39, 0.29) is 21.7 Å². The maximum absolute atomic E-state index is 5.08. The fraction of sp³-hybridized carbons (Fsp3) is 1.00. The molecule has 0 saturated heterocycles. The van der Waals surface area contributed by atoms with Gasteiger partial charge in [0.1, 0.15) is 0 Å². The number of rotatable bonds is 1. The van der Waals surface area contributed by atoms with Crippen molar-refractivity contribution in [3.05, 3.63) is 0 Å². The van der Waals surface area contributed by atoms with Gasteiger partial charge in [0.15, 0.2) is 8.32 Å². The quantitative estimate of drug-likeness (QED) is 0.517. The summed E-state index contributed by atoms with van der Waals surface area (Å²) in [6.07, 6.45) is 0. The van der Waals surface area contributed by atoms with Gasteiger partial charge < -0.3 is 4.43 Å². The van der Waals surface area contributed by atoms with Crippen LogP contribution in [-0.4, -0.2) is 15.4 Å². The number of hydrogen-bond acceptors (Lipinski definition) is 1. The van der Waals surface area contributed by atoms with Crippen molar-refractivity contribution in [3.8, 4) is 0 Å². The first-order chi connectivity index (χ1) is 2.56. The Morgan fingerprint density at radius 3 is 1.29 bits per heavy atom. The first-order valence-corrected chi connectivity index (χ1v) is 5.52. The molecule has 0 rings (SSSR count). The summed E-state index contributed by atoms with van der Waals surface area (Å²) < 4.78 is 5.08. The molecule has 0 spiro atoms. The third-order valence-corrected chi connectivity index (χ3v) is 1.84. The van der Waals surface area contributed by atoms with Crippen molar-refractivity contribution in [2.45, 2.75) is 19.6 Å². The summed E-state index contributed by atoms with van der Waals surface area (Å²) in [5, 5.41) is 0. The molecule has 0 radical (unpaired) electrons. The monoisotopic (exact) mass is 152 g/mol. The Hall–Kier alpha value is 0.891. The van der Waals surface area contributed by atoms with Gasteiger partial charge in [0.2, 0.25) is 0 Å². The van der Waals surface area contributed by atoms with E-state index in [1.807, 2.05) is 0 Å². The minimum Gasteiger partial charge on any atom is -0.421 e. The molecule has 0 aliphatic carbocycles. The van der Waals surface area contributed by atoms with Gasteiger partial charge >= 0.3 is 0 Å². The molecule has 0 aromatic rings. The molecular weight excluding hydrogens is 140 g/mol. The smallest absolute Gasteiger partial charge is 0.183 e. The van der Waals surface area contributed by atoms with Crippen LogP contribution >= 0.6 is 0 Å². The van der Waals surface area contributed by atoms with E-state index in [0.29, 0.717) is 0 Å². The molecule has 0 aromatic carbocycles. The van der Waals surface area contributed by atoms with Crippen molar-refractivity contribution in [1.82, 2.24) is 0 Å². The largest absolute Gasteiger partial charge is 0.421 e.